The Morgan fingerprint density at radius 3 is 2.26 bits per heavy atom. The predicted octanol–water partition coefficient (Wildman–Crippen LogP) is 5.03. The summed E-state index contributed by atoms with van der Waals surface area (Å²) >= 11 is 3.49. The second-order valence-corrected chi connectivity index (χ2v) is 8.97. The molecular formula is C24H30BrFN2O3. The number of nitrogens with zero attached hydrogens (tertiary/aromatic N) is 1. The van der Waals surface area contributed by atoms with Crippen LogP contribution in [0.1, 0.15) is 51.7 Å². The fourth-order valence-corrected chi connectivity index (χ4v) is 3.50. The molecule has 31 heavy (non-hydrogen) atoms. The van der Waals surface area contributed by atoms with Crippen LogP contribution in [0.3, 0.4) is 0 Å². The van der Waals surface area contributed by atoms with Gasteiger partial charge >= 0.3 is 0 Å². The summed E-state index contributed by atoms with van der Waals surface area (Å²) < 4.78 is 19.8. The van der Waals surface area contributed by atoms with E-state index in [0.717, 1.165) is 15.6 Å². The van der Waals surface area contributed by atoms with Gasteiger partial charge in [-0.25, -0.2) is 4.39 Å². The Bertz CT molecular complexity index is 900. The Hall–Kier alpha value is -2.41. The van der Waals surface area contributed by atoms with Gasteiger partial charge in [0, 0.05) is 12.6 Å². The lowest BCUT2D eigenvalue weighted by atomic mass is 10.0. The van der Waals surface area contributed by atoms with Crippen molar-refractivity contribution in [2.75, 3.05) is 6.61 Å². The van der Waals surface area contributed by atoms with E-state index in [1.807, 2.05) is 32.0 Å². The average Bonchev–Trinajstić information content (AvgIpc) is 2.71. The summed E-state index contributed by atoms with van der Waals surface area (Å²) in [6.45, 7) is 9.54. The van der Waals surface area contributed by atoms with Gasteiger partial charge in [0.1, 0.15) is 17.6 Å². The maximum absolute atomic E-state index is 13.3. The molecule has 0 radical (unpaired) electrons. The molecule has 1 N–H and O–H groups in total. The summed E-state index contributed by atoms with van der Waals surface area (Å²) in [6, 6.07) is 10.9. The first-order chi connectivity index (χ1) is 14.6. The second-order valence-electron chi connectivity index (χ2n) is 8.12. The van der Waals surface area contributed by atoms with Crippen molar-refractivity contribution in [3.05, 3.63) is 63.9 Å². The molecule has 1 atom stereocenters. The first-order valence-electron chi connectivity index (χ1n) is 10.3. The van der Waals surface area contributed by atoms with Gasteiger partial charge in [-0.3, -0.25) is 9.59 Å². The van der Waals surface area contributed by atoms with Gasteiger partial charge in [0.15, 0.2) is 6.61 Å². The van der Waals surface area contributed by atoms with Gasteiger partial charge in [0.05, 0.1) is 4.47 Å². The summed E-state index contributed by atoms with van der Waals surface area (Å²) in [5.74, 6) is -0.0222. The number of carbonyl (C=O) groups excluding carboxylic acids is 2. The Morgan fingerprint density at radius 1 is 1.06 bits per heavy atom. The van der Waals surface area contributed by atoms with Gasteiger partial charge in [-0.15, -0.1) is 0 Å². The fourth-order valence-electron chi connectivity index (χ4n) is 2.99. The minimum absolute atomic E-state index is 0.0515. The van der Waals surface area contributed by atoms with E-state index >= 15 is 0 Å². The molecule has 0 spiro atoms. The van der Waals surface area contributed by atoms with Gasteiger partial charge in [-0.05, 0) is 78.0 Å². The molecule has 5 nitrogen and oxygen atoms in total. The lowest BCUT2D eigenvalue weighted by Crippen LogP contribution is -2.50. The zero-order valence-corrected chi connectivity index (χ0v) is 20.2. The van der Waals surface area contributed by atoms with Crippen molar-refractivity contribution in [3.8, 4) is 5.75 Å². The second kappa shape index (κ2) is 11.3. The molecule has 0 saturated heterocycles. The molecule has 0 fully saturated rings. The summed E-state index contributed by atoms with van der Waals surface area (Å²) in [5, 5.41) is 2.83. The fraction of sp³-hybridized carbons (Fsp3) is 0.417. The highest BCUT2D eigenvalue weighted by molar-refractivity contribution is 9.10. The standard InChI is InChI=1S/C24H30BrFN2O3/c1-15(2)19-8-11-22(21(25)12-19)31-14-23(29)28(17(5)24(30)27-16(3)4)13-18-6-9-20(26)10-7-18/h6-12,15-17H,13-14H2,1-5H3,(H,27,30)/t17-/m1/s1. The van der Waals surface area contributed by atoms with E-state index in [4.69, 9.17) is 4.74 Å². The van der Waals surface area contributed by atoms with Crippen LogP contribution < -0.4 is 10.1 Å². The molecule has 0 aliphatic carbocycles. The molecule has 2 amide bonds. The minimum Gasteiger partial charge on any atom is -0.483 e. The van der Waals surface area contributed by atoms with Crippen LogP contribution in [0.2, 0.25) is 0 Å². The van der Waals surface area contributed by atoms with E-state index in [-0.39, 0.29) is 36.8 Å². The molecule has 2 aromatic carbocycles. The molecule has 0 saturated carbocycles. The van der Waals surface area contributed by atoms with E-state index in [9.17, 15) is 14.0 Å². The van der Waals surface area contributed by atoms with Gasteiger partial charge in [-0.1, -0.05) is 32.0 Å². The number of rotatable bonds is 9. The number of hydrogen-bond acceptors (Lipinski definition) is 3. The van der Waals surface area contributed by atoms with Gasteiger partial charge < -0.3 is 15.0 Å². The smallest absolute Gasteiger partial charge is 0.261 e. The number of ether oxygens (including phenoxy) is 1. The van der Waals surface area contributed by atoms with E-state index in [1.165, 1.54) is 17.0 Å². The third-order valence-corrected chi connectivity index (χ3v) is 5.46. The highest BCUT2D eigenvalue weighted by atomic mass is 79.9. The zero-order valence-electron chi connectivity index (χ0n) is 18.6. The quantitative estimate of drug-likeness (QED) is 0.533. The monoisotopic (exact) mass is 492 g/mol. The topological polar surface area (TPSA) is 58.6 Å². The summed E-state index contributed by atoms with van der Waals surface area (Å²) in [6.07, 6.45) is 0. The summed E-state index contributed by atoms with van der Waals surface area (Å²) in [5.41, 5.74) is 1.88. The van der Waals surface area contributed by atoms with Crippen LogP contribution in [0.15, 0.2) is 46.9 Å². The molecule has 0 aromatic heterocycles. The maximum Gasteiger partial charge on any atom is 0.261 e. The maximum atomic E-state index is 13.3. The van der Waals surface area contributed by atoms with Crippen molar-refractivity contribution in [2.45, 2.75) is 59.2 Å². The van der Waals surface area contributed by atoms with E-state index in [1.54, 1.807) is 19.1 Å². The lowest BCUT2D eigenvalue weighted by molar-refractivity contribution is -0.142. The van der Waals surface area contributed by atoms with Crippen molar-refractivity contribution in [2.24, 2.45) is 0 Å². The van der Waals surface area contributed by atoms with Crippen molar-refractivity contribution in [1.29, 1.82) is 0 Å². The number of carbonyl (C=O) groups is 2. The molecule has 0 aliphatic rings. The molecule has 7 heteroatoms. The lowest BCUT2D eigenvalue weighted by Gasteiger charge is -2.29. The van der Waals surface area contributed by atoms with E-state index in [0.29, 0.717) is 11.7 Å². The van der Waals surface area contributed by atoms with Crippen LogP contribution >= 0.6 is 15.9 Å². The van der Waals surface area contributed by atoms with E-state index < -0.39 is 6.04 Å². The van der Waals surface area contributed by atoms with Gasteiger partial charge in [-0.2, -0.15) is 0 Å². The van der Waals surface area contributed by atoms with Crippen LogP contribution in [0.5, 0.6) is 5.75 Å². The molecule has 0 unspecified atom stereocenters. The normalized spacial score (nSPS) is 12.0. The predicted molar refractivity (Wildman–Crippen MR) is 123 cm³/mol. The number of amides is 2. The van der Waals surface area contributed by atoms with Crippen LogP contribution in [-0.4, -0.2) is 35.4 Å². The van der Waals surface area contributed by atoms with E-state index in [2.05, 4.69) is 35.1 Å². The number of nitrogens with one attached hydrogen (secondary N) is 1. The average molecular weight is 493 g/mol. The molecular weight excluding hydrogens is 463 g/mol. The first-order valence-corrected chi connectivity index (χ1v) is 11.1. The Morgan fingerprint density at radius 2 is 1.71 bits per heavy atom. The summed E-state index contributed by atoms with van der Waals surface area (Å²) in [4.78, 5) is 27.0. The largest absolute Gasteiger partial charge is 0.483 e. The van der Waals surface area contributed by atoms with Gasteiger partial charge in [0.2, 0.25) is 5.91 Å². The number of hydrogen-bond donors (Lipinski definition) is 1. The molecule has 2 rings (SSSR count). The molecule has 0 heterocycles. The molecule has 0 bridgehead atoms. The third kappa shape index (κ3) is 7.35. The Balaban J connectivity index is 2.16. The SMILES string of the molecule is CC(C)NC(=O)[C@@H](C)N(Cc1ccc(F)cc1)C(=O)COc1ccc(C(C)C)cc1Br. The van der Waals surface area contributed by atoms with Crippen LogP contribution in [0, 0.1) is 5.82 Å². The Kier molecular flexibility index (Phi) is 9.04. The van der Waals surface area contributed by atoms with Crippen molar-refractivity contribution in [1.82, 2.24) is 10.2 Å². The van der Waals surface area contributed by atoms with Crippen LogP contribution in [0.4, 0.5) is 4.39 Å². The van der Waals surface area contributed by atoms with Gasteiger partial charge in [0.25, 0.3) is 5.91 Å². The first kappa shape index (κ1) is 24.9. The number of halogens is 2. The molecule has 2 aromatic rings. The van der Waals surface area contributed by atoms with Crippen LogP contribution in [-0.2, 0) is 16.1 Å². The molecule has 0 aliphatic heterocycles. The Labute approximate surface area is 192 Å². The van der Waals surface area contributed by atoms with Crippen molar-refractivity contribution < 1.29 is 18.7 Å². The third-order valence-electron chi connectivity index (χ3n) is 4.84. The zero-order chi connectivity index (χ0) is 23.1. The summed E-state index contributed by atoms with van der Waals surface area (Å²) in [7, 11) is 0. The van der Waals surface area contributed by atoms with Crippen LogP contribution in [0.25, 0.3) is 0 Å². The number of benzene rings is 2. The van der Waals surface area contributed by atoms with Crippen molar-refractivity contribution >= 4 is 27.7 Å². The highest BCUT2D eigenvalue weighted by Gasteiger charge is 2.27. The molecule has 168 valence electrons. The minimum atomic E-state index is -0.713. The highest BCUT2D eigenvalue weighted by Crippen LogP contribution is 2.29. The van der Waals surface area contributed by atoms with Crippen molar-refractivity contribution in [3.63, 3.8) is 0 Å².